The molecule has 0 spiro atoms. The SMILES string of the molecule is CC(C)(C)[S@@](=O)/N=C\c1cc(Br)cc(Cl)c1F. The van der Waals surface area contributed by atoms with Crippen molar-refractivity contribution in [3.8, 4) is 0 Å². The van der Waals surface area contributed by atoms with E-state index in [-0.39, 0.29) is 10.6 Å². The van der Waals surface area contributed by atoms with Gasteiger partial charge in [0, 0.05) is 16.3 Å². The van der Waals surface area contributed by atoms with Crippen molar-refractivity contribution in [1.29, 1.82) is 0 Å². The van der Waals surface area contributed by atoms with E-state index in [0.717, 1.165) is 0 Å². The Kier molecular flexibility index (Phi) is 4.86. The van der Waals surface area contributed by atoms with Crippen LogP contribution in [0.5, 0.6) is 0 Å². The monoisotopic (exact) mass is 339 g/mol. The molecule has 1 aromatic carbocycles. The fraction of sp³-hybridized carbons (Fsp3) is 0.364. The minimum absolute atomic E-state index is 0.00219. The molecule has 0 aliphatic rings. The molecule has 0 saturated heterocycles. The second-order valence-electron chi connectivity index (χ2n) is 4.39. The topological polar surface area (TPSA) is 29.4 Å². The number of hydrogen-bond donors (Lipinski definition) is 0. The number of rotatable bonds is 2. The first kappa shape index (κ1) is 14.8. The molecule has 0 bridgehead atoms. The van der Waals surface area contributed by atoms with E-state index < -0.39 is 21.5 Å². The van der Waals surface area contributed by atoms with Gasteiger partial charge in [-0.15, -0.1) is 0 Å². The molecule has 0 amide bonds. The van der Waals surface area contributed by atoms with E-state index in [1.54, 1.807) is 20.8 Å². The molecular weight excluding hydrogens is 329 g/mol. The summed E-state index contributed by atoms with van der Waals surface area (Å²) in [6.07, 6.45) is 1.24. The Hall–Kier alpha value is -0.260. The largest absolute Gasteiger partial charge is 0.234 e. The zero-order valence-electron chi connectivity index (χ0n) is 9.63. The summed E-state index contributed by atoms with van der Waals surface area (Å²) < 4.78 is 29.3. The van der Waals surface area contributed by atoms with E-state index in [1.807, 2.05) is 0 Å². The van der Waals surface area contributed by atoms with Crippen molar-refractivity contribution < 1.29 is 8.60 Å². The number of nitrogens with zero attached hydrogens (tertiary/aromatic N) is 1. The Balaban J connectivity index is 3.04. The van der Waals surface area contributed by atoms with E-state index in [1.165, 1.54) is 18.3 Å². The molecule has 0 radical (unpaired) electrons. The lowest BCUT2D eigenvalue weighted by atomic mass is 10.2. The van der Waals surface area contributed by atoms with Crippen LogP contribution in [0.3, 0.4) is 0 Å². The molecule has 1 atom stereocenters. The molecule has 0 fully saturated rings. The van der Waals surface area contributed by atoms with Crippen molar-refractivity contribution in [1.82, 2.24) is 0 Å². The average Bonchev–Trinajstić information content (AvgIpc) is 2.19. The lowest BCUT2D eigenvalue weighted by Crippen LogP contribution is -2.19. The molecule has 0 heterocycles. The highest BCUT2D eigenvalue weighted by Gasteiger charge is 2.18. The molecule has 2 nitrogen and oxygen atoms in total. The molecule has 1 rings (SSSR count). The number of benzene rings is 1. The van der Waals surface area contributed by atoms with Gasteiger partial charge in [-0.25, -0.2) is 8.60 Å². The highest BCUT2D eigenvalue weighted by atomic mass is 79.9. The summed E-state index contributed by atoms with van der Waals surface area (Å²) in [4.78, 5) is 0. The second-order valence-corrected chi connectivity index (χ2v) is 7.64. The van der Waals surface area contributed by atoms with Crippen LogP contribution in [0.4, 0.5) is 4.39 Å². The van der Waals surface area contributed by atoms with Gasteiger partial charge in [-0.2, -0.15) is 4.40 Å². The van der Waals surface area contributed by atoms with E-state index in [2.05, 4.69) is 20.3 Å². The molecule has 0 aliphatic carbocycles. The summed E-state index contributed by atoms with van der Waals surface area (Å²) in [5.41, 5.74) is 0.210. The standard InChI is InChI=1S/C11H12BrClFNOS/c1-11(2,3)17(16)15-6-7-4-8(12)5-9(13)10(7)14/h4-6H,1-3H3/b15-6-/t17-/m1/s1. The third-order valence-electron chi connectivity index (χ3n) is 1.83. The van der Waals surface area contributed by atoms with Gasteiger partial charge in [0.1, 0.15) is 11.0 Å². The Morgan fingerprint density at radius 2 is 2.06 bits per heavy atom. The second kappa shape index (κ2) is 5.59. The summed E-state index contributed by atoms with van der Waals surface area (Å²) in [5, 5.41) is 0.00219. The van der Waals surface area contributed by atoms with Crippen LogP contribution in [0.1, 0.15) is 26.3 Å². The van der Waals surface area contributed by atoms with E-state index in [4.69, 9.17) is 11.6 Å². The molecule has 0 aliphatic heterocycles. The summed E-state index contributed by atoms with van der Waals surface area (Å²) >= 11 is 8.89. The number of halogens is 3. The Bertz CT molecular complexity index is 485. The van der Waals surface area contributed by atoms with Crippen LogP contribution in [0, 0.1) is 5.82 Å². The third kappa shape index (κ3) is 4.16. The van der Waals surface area contributed by atoms with Crippen LogP contribution < -0.4 is 0 Å². The van der Waals surface area contributed by atoms with Crippen LogP contribution in [0.15, 0.2) is 21.0 Å². The first-order valence-corrected chi connectivity index (χ1v) is 7.10. The van der Waals surface area contributed by atoms with Gasteiger partial charge < -0.3 is 0 Å². The predicted octanol–water partition coefficient (Wildman–Crippen LogP) is 4.12. The average molecular weight is 341 g/mol. The minimum Gasteiger partial charge on any atom is -0.234 e. The molecule has 0 aromatic heterocycles. The van der Waals surface area contributed by atoms with Crippen LogP contribution in [-0.2, 0) is 11.0 Å². The quantitative estimate of drug-likeness (QED) is 0.588. The van der Waals surface area contributed by atoms with E-state index in [9.17, 15) is 8.60 Å². The van der Waals surface area contributed by atoms with Crippen molar-refractivity contribution >= 4 is 44.7 Å². The van der Waals surface area contributed by atoms with E-state index in [0.29, 0.717) is 4.47 Å². The lowest BCUT2D eigenvalue weighted by molar-refractivity contribution is 0.626. The highest BCUT2D eigenvalue weighted by molar-refractivity contribution is 9.10. The van der Waals surface area contributed by atoms with Gasteiger partial charge in [-0.3, -0.25) is 0 Å². The summed E-state index contributed by atoms with van der Waals surface area (Å²) in [5.74, 6) is -0.565. The molecule has 17 heavy (non-hydrogen) atoms. The third-order valence-corrected chi connectivity index (χ3v) is 3.91. The van der Waals surface area contributed by atoms with Gasteiger partial charge in [-0.1, -0.05) is 27.5 Å². The molecule has 94 valence electrons. The van der Waals surface area contributed by atoms with Gasteiger partial charge in [0.15, 0.2) is 5.82 Å². The molecular formula is C11H12BrClFNOS. The minimum atomic E-state index is -1.41. The van der Waals surface area contributed by atoms with Crippen molar-refractivity contribution in [2.75, 3.05) is 0 Å². The molecule has 1 aromatic rings. The first-order valence-electron chi connectivity index (χ1n) is 4.82. The Labute approximate surface area is 116 Å². The zero-order valence-corrected chi connectivity index (χ0v) is 12.8. The predicted molar refractivity (Wildman–Crippen MR) is 74.6 cm³/mol. The van der Waals surface area contributed by atoms with Crippen LogP contribution in [0.25, 0.3) is 0 Å². The zero-order chi connectivity index (χ0) is 13.2. The van der Waals surface area contributed by atoms with Gasteiger partial charge in [0.2, 0.25) is 0 Å². The van der Waals surface area contributed by atoms with Gasteiger partial charge >= 0.3 is 0 Å². The van der Waals surface area contributed by atoms with Gasteiger partial charge in [0.05, 0.1) is 9.77 Å². The first-order chi connectivity index (χ1) is 7.71. The van der Waals surface area contributed by atoms with Crippen LogP contribution >= 0.6 is 27.5 Å². The van der Waals surface area contributed by atoms with Crippen molar-refractivity contribution in [2.45, 2.75) is 25.5 Å². The molecule has 0 unspecified atom stereocenters. The maximum absolute atomic E-state index is 13.6. The van der Waals surface area contributed by atoms with Crippen molar-refractivity contribution in [3.05, 3.63) is 33.0 Å². The summed E-state index contributed by atoms with van der Waals surface area (Å²) in [6.45, 7) is 5.39. The smallest absolute Gasteiger partial charge is 0.150 e. The van der Waals surface area contributed by atoms with Crippen LogP contribution in [-0.4, -0.2) is 15.2 Å². The fourth-order valence-electron chi connectivity index (χ4n) is 0.933. The Morgan fingerprint density at radius 1 is 1.47 bits per heavy atom. The summed E-state index contributed by atoms with van der Waals surface area (Å²) in [7, 11) is -1.41. The van der Waals surface area contributed by atoms with Crippen LogP contribution in [0.2, 0.25) is 5.02 Å². The maximum Gasteiger partial charge on any atom is 0.150 e. The van der Waals surface area contributed by atoms with Crippen molar-refractivity contribution in [2.24, 2.45) is 4.40 Å². The van der Waals surface area contributed by atoms with Gasteiger partial charge in [-0.05, 0) is 32.9 Å². The highest BCUT2D eigenvalue weighted by Crippen LogP contribution is 2.23. The van der Waals surface area contributed by atoms with Gasteiger partial charge in [0.25, 0.3) is 0 Å². The normalized spacial score (nSPS) is 14.2. The molecule has 0 N–H and O–H groups in total. The fourth-order valence-corrected chi connectivity index (χ4v) is 2.29. The molecule has 0 saturated carbocycles. The number of hydrogen-bond acceptors (Lipinski definition) is 1. The maximum atomic E-state index is 13.6. The van der Waals surface area contributed by atoms with E-state index >= 15 is 0 Å². The van der Waals surface area contributed by atoms with Crippen molar-refractivity contribution in [3.63, 3.8) is 0 Å². The molecule has 6 heteroatoms. The summed E-state index contributed by atoms with van der Waals surface area (Å²) in [6, 6.07) is 2.99. The Morgan fingerprint density at radius 3 is 2.59 bits per heavy atom. The lowest BCUT2D eigenvalue weighted by Gasteiger charge is -2.12.